The number of hydrogen-bond donors (Lipinski definition) is 1. The van der Waals surface area contributed by atoms with Crippen LogP contribution in [0.1, 0.15) is 11.5 Å². The maximum atomic E-state index is 5.85. The van der Waals surface area contributed by atoms with Crippen LogP contribution in [0.2, 0.25) is 5.15 Å². The Bertz CT molecular complexity index is 520. The second kappa shape index (κ2) is 4.89. The Hall–Kier alpha value is -1.34. The molecule has 90 valence electrons. The molecule has 0 fully saturated rings. The maximum absolute atomic E-state index is 5.85. The summed E-state index contributed by atoms with van der Waals surface area (Å²) in [5.41, 5.74) is 6.43. The topological polar surface area (TPSA) is 82.5 Å². The van der Waals surface area contributed by atoms with E-state index in [4.69, 9.17) is 17.3 Å². The Morgan fingerprint density at radius 1 is 1.41 bits per heavy atom. The van der Waals surface area contributed by atoms with Crippen molar-refractivity contribution in [1.82, 2.24) is 24.7 Å². The zero-order chi connectivity index (χ0) is 12.4. The van der Waals surface area contributed by atoms with E-state index in [9.17, 15) is 0 Å². The number of thioether (sulfide) groups is 1. The summed E-state index contributed by atoms with van der Waals surface area (Å²) in [4.78, 5) is 8.41. The average Bonchev–Trinajstić information content (AvgIpc) is 2.56. The third kappa shape index (κ3) is 2.86. The van der Waals surface area contributed by atoms with Crippen molar-refractivity contribution in [2.45, 2.75) is 17.8 Å². The number of halogens is 1. The molecule has 17 heavy (non-hydrogen) atoms. The molecule has 0 aliphatic carbocycles. The van der Waals surface area contributed by atoms with Gasteiger partial charge < -0.3 is 5.73 Å². The highest BCUT2D eigenvalue weighted by molar-refractivity contribution is 7.98. The molecule has 0 spiro atoms. The van der Waals surface area contributed by atoms with E-state index in [1.54, 1.807) is 10.6 Å². The molecule has 2 heterocycles. The molecular formula is C9H11ClN6S. The van der Waals surface area contributed by atoms with Gasteiger partial charge in [0, 0.05) is 12.7 Å². The zero-order valence-corrected chi connectivity index (χ0v) is 11.0. The third-order valence-electron chi connectivity index (χ3n) is 2.07. The van der Waals surface area contributed by atoms with Gasteiger partial charge in [-0.05, 0) is 13.0 Å². The quantitative estimate of drug-likeness (QED) is 0.671. The van der Waals surface area contributed by atoms with Gasteiger partial charge in [0.2, 0.25) is 5.95 Å². The minimum Gasteiger partial charge on any atom is -0.368 e. The Kier molecular flexibility index (Phi) is 3.49. The number of rotatable bonds is 3. The summed E-state index contributed by atoms with van der Waals surface area (Å²) in [7, 11) is 1.81. The van der Waals surface area contributed by atoms with Crippen molar-refractivity contribution >= 4 is 29.3 Å². The lowest BCUT2D eigenvalue weighted by Gasteiger charge is -2.02. The number of aromatic nitrogens is 5. The molecule has 0 bridgehead atoms. The molecule has 0 saturated carbocycles. The van der Waals surface area contributed by atoms with Gasteiger partial charge in [-0.2, -0.15) is 0 Å². The molecule has 0 aliphatic rings. The van der Waals surface area contributed by atoms with Crippen molar-refractivity contribution in [3.63, 3.8) is 0 Å². The van der Waals surface area contributed by atoms with Gasteiger partial charge in [0.05, 0.1) is 5.75 Å². The minimum atomic E-state index is 0.385. The Morgan fingerprint density at radius 3 is 2.76 bits per heavy atom. The van der Waals surface area contributed by atoms with Crippen LogP contribution >= 0.6 is 23.4 Å². The highest BCUT2D eigenvalue weighted by atomic mass is 35.5. The summed E-state index contributed by atoms with van der Waals surface area (Å²) in [5, 5.41) is 8.88. The van der Waals surface area contributed by atoms with Crippen LogP contribution in [0.25, 0.3) is 0 Å². The summed E-state index contributed by atoms with van der Waals surface area (Å²) < 4.78 is 1.71. The fourth-order valence-electron chi connectivity index (χ4n) is 1.23. The van der Waals surface area contributed by atoms with Gasteiger partial charge in [0.15, 0.2) is 5.16 Å². The first kappa shape index (κ1) is 12.1. The van der Waals surface area contributed by atoms with E-state index in [0.717, 1.165) is 10.9 Å². The second-order valence-corrected chi connectivity index (χ2v) is 4.77. The first-order valence-corrected chi connectivity index (χ1v) is 6.20. The molecule has 2 aromatic heterocycles. The fraction of sp³-hybridized carbons (Fsp3) is 0.333. The monoisotopic (exact) mass is 270 g/mol. The van der Waals surface area contributed by atoms with Crippen molar-refractivity contribution in [2.24, 2.45) is 7.05 Å². The number of nitrogen functional groups attached to an aromatic ring is 1. The van der Waals surface area contributed by atoms with Crippen LogP contribution in [-0.4, -0.2) is 24.7 Å². The maximum Gasteiger partial charge on any atom is 0.222 e. The first-order chi connectivity index (χ1) is 8.06. The van der Waals surface area contributed by atoms with Crippen LogP contribution in [0, 0.1) is 6.92 Å². The summed E-state index contributed by atoms with van der Waals surface area (Å²) in [5.74, 6) is 1.63. The molecule has 0 aromatic carbocycles. The molecular weight excluding hydrogens is 260 g/mol. The van der Waals surface area contributed by atoms with Crippen molar-refractivity contribution in [2.75, 3.05) is 5.73 Å². The minimum absolute atomic E-state index is 0.385. The highest BCUT2D eigenvalue weighted by Crippen LogP contribution is 2.20. The largest absolute Gasteiger partial charge is 0.368 e. The van der Waals surface area contributed by atoms with E-state index in [-0.39, 0.29) is 0 Å². The van der Waals surface area contributed by atoms with E-state index in [1.165, 1.54) is 11.8 Å². The van der Waals surface area contributed by atoms with Crippen molar-refractivity contribution in [3.05, 3.63) is 22.7 Å². The summed E-state index contributed by atoms with van der Waals surface area (Å²) in [6.07, 6.45) is 0. The van der Waals surface area contributed by atoms with Gasteiger partial charge in [-0.1, -0.05) is 23.4 Å². The van der Waals surface area contributed by atoms with Gasteiger partial charge >= 0.3 is 0 Å². The molecule has 0 amide bonds. The normalized spacial score (nSPS) is 10.8. The Balaban J connectivity index is 2.09. The molecule has 2 N–H and O–H groups in total. The highest BCUT2D eigenvalue weighted by Gasteiger charge is 2.08. The predicted molar refractivity (Wildman–Crippen MR) is 66.8 cm³/mol. The molecule has 2 rings (SSSR count). The van der Waals surface area contributed by atoms with E-state index in [0.29, 0.717) is 22.7 Å². The second-order valence-electron chi connectivity index (χ2n) is 3.44. The molecule has 6 nitrogen and oxygen atoms in total. The van der Waals surface area contributed by atoms with Crippen LogP contribution in [-0.2, 0) is 12.8 Å². The smallest absolute Gasteiger partial charge is 0.222 e. The van der Waals surface area contributed by atoms with Gasteiger partial charge in [-0.3, -0.25) is 4.57 Å². The van der Waals surface area contributed by atoms with Crippen molar-refractivity contribution < 1.29 is 0 Å². The van der Waals surface area contributed by atoms with E-state index < -0.39 is 0 Å². The van der Waals surface area contributed by atoms with Crippen LogP contribution in [0.4, 0.5) is 5.95 Å². The average molecular weight is 271 g/mol. The van der Waals surface area contributed by atoms with Gasteiger partial charge in [-0.15, -0.1) is 10.2 Å². The van der Waals surface area contributed by atoms with E-state index in [2.05, 4.69) is 20.2 Å². The molecule has 0 atom stereocenters. The lowest BCUT2D eigenvalue weighted by Crippen LogP contribution is -1.99. The number of anilines is 1. The molecule has 8 heteroatoms. The number of aryl methyl sites for hydroxylation is 1. The SMILES string of the molecule is Cc1cc(Cl)nc(CSc2nnc(N)n2C)n1. The molecule has 0 radical (unpaired) electrons. The number of hydrogen-bond acceptors (Lipinski definition) is 6. The van der Waals surface area contributed by atoms with Gasteiger partial charge in [0.1, 0.15) is 11.0 Å². The van der Waals surface area contributed by atoms with Gasteiger partial charge in [0.25, 0.3) is 0 Å². The number of nitrogens with two attached hydrogens (primary N) is 1. The predicted octanol–water partition coefficient (Wildman–Crippen LogP) is 1.44. The Morgan fingerprint density at radius 2 is 2.18 bits per heavy atom. The summed E-state index contributed by atoms with van der Waals surface area (Å²) >= 11 is 7.32. The third-order valence-corrected chi connectivity index (χ3v) is 3.28. The molecule has 0 saturated heterocycles. The summed E-state index contributed by atoms with van der Waals surface area (Å²) in [6.45, 7) is 1.88. The van der Waals surface area contributed by atoms with E-state index in [1.807, 2.05) is 14.0 Å². The van der Waals surface area contributed by atoms with Gasteiger partial charge in [-0.25, -0.2) is 9.97 Å². The van der Waals surface area contributed by atoms with Crippen molar-refractivity contribution in [1.29, 1.82) is 0 Å². The molecule has 0 unspecified atom stereocenters. The van der Waals surface area contributed by atoms with E-state index >= 15 is 0 Å². The first-order valence-electron chi connectivity index (χ1n) is 4.84. The fourth-order valence-corrected chi connectivity index (χ4v) is 2.26. The zero-order valence-electron chi connectivity index (χ0n) is 9.38. The lowest BCUT2D eigenvalue weighted by molar-refractivity contribution is 0.794. The van der Waals surface area contributed by atoms with Crippen LogP contribution in [0.15, 0.2) is 11.2 Å². The molecule has 0 aliphatic heterocycles. The van der Waals surface area contributed by atoms with Crippen LogP contribution in [0.5, 0.6) is 0 Å². The number of nitrogens with zero attached hydrogens (tertiary/aromatic N) is 5. The van der Waals surface area contributed by atoms with Crippen molar-refractivity contribution in [3.8, 4) is 0 Å². The lowest BCUT2D eigenvalue weighted by atomic mass is 10.4. The molecule has 2 aromatic rings. The van der Waals surface area contributed by atoms with Crippen LogP contribution < -0.4 is 5.73 Å². The Labute approximate surface area is 108 Å². The van der Waals surface area contributed by atoms with Crippen LogP contribution in [0.3, 0.4) is 0 Å². The summed E-state index contributed by atoms with van der Waals surface area (Å²) in [6, 6.07) is 1.72. The standard InChI is InChI=1S/C9H11ClN6S/c1-5-3-6(10)13-7(12-5)4-17-9-15-14-8(11)16(9)2/h3H,4H2,1-2H3,(H2,11,14).